The number of allylic oxidation sites excluding steroid dienone is 2. The van der Waals surface area contributed by atoms with Crippen LogP contribution in [0.5, 0.6) is 0 Å². The zero-order valence-electron chi connectivity index (χ0n) is 7.31. The van der Waals surface area contributed by atoms with E-state index in [4.69, 9.17) is 0 Å². The van der Waals surface area contributed by atoms with Gasteiger partial charge in [-0.1, -0.05) is 11.6 Å². The van der Waals surface area contributed by atoms with Gasteiger partial charge in [0.25, 0.3) is 0 Å². The Morgan fingerprint density at radius 3 is 2.60 bits per heavy atom. The van der Waals surface area contributed by atoms with E-state index in [2.05, 4.69) is 26.2 Å². The van der Waals surface area contributed by atoms with Gasteiger partial charge in [0, 0.05) is 0 Å². The molecule has 0 aromatic heterocycles. The molecule has 0 bridgehead atoms. The summed E-state index contributed by atoms with van der Waals surface area (Å²) in [7, 11) is 0. The Morgan fingerprint density at radius 2 is 2.10 bits per heavy atom. The first kappa shape index (κ1) is 10.1. The molecule has 10 heavy (non-hydrogen) atoms. The molecule has 0 amide bonds. The van der Waals surface area contributed by atoms with E-state index in [1.807, 2.05) is 11.8 Å². The Balaban J connectivity index is 3.04. The van der Waals surface area contributed by atoms with Crippen LogP contribution in [0.2, 0.25) is 0 Å². The maximum absolute atomic E-state index is 2.21. The summed E-state index contributed by atoms with van der Waals surface area (Å²) in [4.78, 5) is 0. The third-order valence-corrected chi connectivity index (χ3v) is 2.36. The Hall–Kier alpha value is 0.0900. The van der Waals surface area contributed by atoms with Crippen molar-refractivity contribution in [3.05, 3.63) is 11.6 Å². The van der Waals surface area contributed by atoms with Crippen LogP contribution in [0, 0.1) is 0 Å². The second-order valence-electron chi connectivity index (χ2n) is 2.58. The molecule has 0 aromatic carbocycles. The summed E-state index contributed by atoms with van der Waals surface area (Å²) >= 11 is 1.94. The minimum absolute atomic E-state index is 1.29. The molecule has 0 N–H and O–H groups in total. The number of thioether (sulfide) groups is 1. The third-order valence-electron chi connectivity index (χ3n) is 1.66. The van der Waals surface area contributed by atoms with Crippen molar-refractivity contribution < 1.29 is 0 Å². The van der Waals surface area contributed by atoms with Crippen molar-refractivity contribution >= 4 is 11.8 Å². The van der Waals surface area contributed by atoms with Gasteiger partial charge in [0.05, 0.1) is 0 Å². The van der Waals surface area contributed by atoms with Crippen LogP contribution in [0.25, 0.3) is 0 Å². The first-order valence-electron chi connectivity index (χ1n) is 3.92. The Labute approximate surface area is 69.1 Å². The molecular weight excluding hydrogens is 140 g/mol. The molecule has 0 aliphatic rings. The number of rotatable bonds is 5. The quantitative estimate of drug-likeness (QED) is 0.436. The normalized spacial score (nSPS) is 12.1. The lowest BCUT2D eigenvalue weighted by molar-refractivity contribution is 0.794. The molecule has 0 saturated carbocycles. The molecule has 0 nitrogen and oxygen atoms in total. The zero-order valence-corrected chi connectivity index (χ0v) is 8.13. The average Bonchev–Trinajstić information content (AvgIpc) is 1.98. The average molecular weight is 158 g/mol. The Morgan fingerprint density at radius 1 is 1.40 bits per heavy atom. The fraction of sp³-hybridized carbons (Fsp3) is 0.778. The fourth-order valence-electron chi connectivity index (χ4n) is 0.795. The highest BCUT2D eigenvalue weighted by atomic mass is 32.2. The predicted octanol–water partition coefficient (Wildman–Crippen LogP) is 3.49. The van der Waals surface area contributed by atoms with Crippen LogP contribution < -0.4 is 0 Å². The van der Waals surface area contributed by atoms with Crippen molar-refractivity contribution in [1.82, 2.24) is 0 Å². The highest BCUT2D eigenvalue weighted by Crippen LogP contribution is 2.08. The Bertz CT molecular complexity index is 94.9. The molecule has 1 heteroatoms. The maximum Gasteiger partial charge on any atom is -0.00702 e. The van der Waals surface area contributed by atoms with Gasteiger partial charge in [-0.15, -0.1) is 0 Å². The van der Waals surface area contributed by atoms with Gasteiger partial charge in [-0.3, -0.25) is 0 Å². The lowest BCUT2D eigenvalue weighted by atomic mass is 10.1. The lowest BCUT2D eigenvalue weighted by Crippen LogP contribution is -1.81. The monoisotopic (exact) mass is 158 g/mol. The minimum atomic E-state index is 1.29. The Kier molecular flexibility index (Phi) is 7.26. The largest absolute Gasteiger partial charge is 0.165 e. The lowest BCUT2D eigenvalue weighted by Gasteiger charge is -1.98. The first-order chi connectivity index (χ1) is 4.81. The minimum Gasteiger partial charge on any atom is -0.165 e. The molecule has 0 radical (unpaired) electrons. The highest BCUT2D eigenvalue weighted by molar-refractivity contribution is 7.98. The van der Waals surface area contributed by atoms with Crippen molar-refractivity contribution in [3.63, 3.8) is 0 Å². The van der Waals surface area contributed by atoms with Crippen LogP contribution in [0.1, 0.15) is 33.1 Å². The molecule has 0 aromatic rings. The molecule has 0 rings (SSSR count). The van der Waals surface area contributed by atoms with Crippen molar-refractivity contribution in [1.29, 1.82) is 0 Å². The van der Waals surface area contributed by atoms with Crippen molar-refractivity contribution in [2.45, 2.75) is 33.1 Å². The van der Waals surface area contributed by atoms with Gasteiger partial charge in [0.15, 0.2) is 0 Å². The summed E-state index contributed by atoms with van der Waals surface area (Å²) in [5.41, 5.74) is 1.53. The van der Waals surface area contributed by atoms with Gasteiger partial charge in [-0.25, -0.2) is 0 Å². The van der Waals surface area contributed by atoms with Gasteiger partial charge >= 0.3 is 0 Å². The van der Waals surface area contributed by atoms with E-state index >= 15 is 0 Å². The van der Waals surface area contributed by atoms with Crippen molar-refractivity contribution in [3.8, 4) is 0 Å². The second kappa shape index (κ2) is 7.20. The van der Waals surface area contributed by atoms with Gasteiger partial charge in [0.1, 0.15) is 0 Å². The SMILES string of the molecule is CC=C(C)CCCCSC. The van der Waals surface area contributed by atoms with Crippen LogP contribution in [0.3, 0.4) is 0 Å². The zero-order chi connectivity index (χ0) is 7.82. The molecule has 0 unspecified atom stereocenters. The predicted molar refractivity (Wildman–Crippen MR) is 51.7 cm³/mol. The highest BCUT2D eigenvalue weighted by Gasteiger charge is 1.88. The van der Waals surface area contributed by atoms with Crippen LogP contribution >= 0.6 is 11.8 Å². The topological polar surface area (TPSA) is 0 Å². The molecule has 0 aliphatic heterocycles. The first-order valence-corrected chi connectivity index (χ1v) is 5.31. The van der Waals surface area contributed by atoms with E-state index in [0.717, 1.165) is 0 Å². The molecular formula is C9H18S. The van der Waals surface area contributed by atoms with Crippen LogP contribution in [-0.4, -0.2) is 12.0 Å². The van der Waals surface area contributed by atoms with E-state index in [1.54, 1.807) is 0 Å². The van der Waals surface area contributed by atoms with Crippen LogP contribution in [-0.2, 0) is 0 Å². The summed E-state index contributed by atoms with van der Waals surface area (Å²) in [6.45, 7) is 4.32. The van der Waals surface area contributed by atoms with E-state index < -0.39 is 0 Å². The third kappa shape index (κ3) is 6.21. The molecule has 0 spiro atoms. The van der Waals surface area contributed by atoms with E-state index in [1.165, 1.54) is 30.6 Å². The standard InChI is InChI=1S/C9H18S/c1-4-9(2)7-5-6-8-10-3/h4H,5-8H2,1-3H3. The van der Waals surface area contributed by atoms with Gasteiger partial charge in [-0.05, 0) is 45.1 Å². The molecule has 0 aliphatic carbocycles. The summed E-state index contributed by atoms with van der Waals surface area (Å²) in [6, 6.07) is 0. The summed E-state index contributed by atoms with van der Waals surface area (Å²) in [5, 5.41) is 0. The summed E-state index contributed by atoms with van der Waals surface area (Å²) < 4.78 is 0. The van der Waals surface area contributed by atoms with Crippen LogP contribution in [0.15, 0.2) is 11.6 Å². The van der Waals surface area contributed by atoms with Crippen molar-refractivity contribution in [2.24, 2.45) is 0 Å². The van der Waals surface area contributed by atoms with E-state index in [9.17, 15) is 0 Å². The van der Waals surface area contributed by atoms with Gasteiger partial charge in [0.2, 0.25) is 0 Å². The molecule has 0 atom stereocenters. The van der Waals surface area contributed by atoms with Gasteiger partial charge < -0.3 is 0 Å². The maximum atomic E-state index is 2.21. The molecule has 0 saturated heterocycles. The van der Waals surface area contributed by atoms with Gasteiger partial charge in [-0.2, -0.15) is 11.8 Å². The molecule has 0 heterocycles. The smallest absolute Gasteiger partial charge is 0.00702 e. The molecule has 0 fully saturated rings. The second-order valence-corrected chi connectivity index (χ2v) is 3.57. The summed E-state index contributed by atoms with van der Waals surface area (Å²) in [5.74, 6) is 1.32. The fourth-order valence-corrected chi connectivity index (χ4v) is 1.29. The number of hydrogen-bond acceptors (Lipinski definition) is 1. The summed E-state index contributed by atoms with van der Waals surface area (Å²) in [6.07, 6.45) is 8.39. The number of hydrogen-bond donors (Lipinski definition) is 0. The van der Waals surface area contributed by atoms with E-state index in [0.29, 0.717) is 0 Å². The molecule has 60 valence electrons. The van der Waals surface area contributed by atoms with Crippen molar-refractivity contribution in [2.75, 3.05) is 12.0 Å². The number of unbranched alkanes of at least 4 members (excludes halogenated alkanes) is 1. The van der Waals surface area contributed by atoms with Crippen LogP contribution in [0.4, 0.5) is 0 Å². The van der Waals surface area contributed by atoms with E-state index in [-0.39, 0.29) is 0 Å².